The standard InChI is InChI=1S/C20H17ClF3N3O2/c1-2-29-16(28)10-27-19-17(18(26-27)12-3-4-12)14(20(22,23)24)9-15(25-19)11-5-7-13(21)8-6-11/h5-9,12H,2-4,10H2,1H3. The Kier molecular flexibility index (Phi) is 4.98. The number of carbonyl (C=O) groups excluding carboxylic acids is 1. The summed E-state index contributed by atoms with van der Waals surface area (Å²) < 4.78 is 48.0. The third-order valence-electron chi connectivity index (χ3n) is 4.72. The smallest absolute Gasteiger partial charge is 0.417 e. The zero-order valence-corrected chi connectivity index (χ0v) is 16.2. The molecule has 5 nitrogen and oxygen atoms in total. The molecule has 2 heterocycles. The van der Waals surface area contributed by atoms with Crippen LogP contribution in [0.3, 0.4) is 0 Å². The van der Waals surface area contributed by atoms with Crippen LogP contribution in [0.15, 0.2) is 30.3 Å². The largest absolute Gasteiger partial charge is 0.465 e. The predicted molar refractivity (Wildman–Crippen MR) is 102 cm³/mol. The first-order valence-corrected chi connectivity index (χ1v) is 9.56. The average molecular weight is 424 g/mol. The van der Waals surface area contributed by atoms with Gasteiger partial charge in [-0.05, 0) is 38.0 Å². The van der Waals surface area contributed by atoms with Crippen molar-refractivity contribution < 1.29 is 22.7 Å². The first kappa shape index (κ1) is 19.7. The SMILES string of the molecule is CCOC(=O)Cn1nc(C2CC2)c2c(C(F)(F)F)cc(-c3ccc(Cl)cc3)nc21. The van der Waals surface area contributed by atoms with Crippen LogP contribution in [0.25, 0.3) is 22.3 Å². The van der Waals surface area contributed by atoms with E-state index in [4.69, 9.17) is 16.3 Å². The Balaban J connectivity index is 1.95. The third-order valence-corrected chi connectivity index (χ3v) is 4.98. The van der Waals surface area contributed by atoms with Gasteiger partial charge in [0, 0.05) is 16.5 Å². The highest BCUT2D eigenvalue weighted by Gasteiger charge is 2.39. The van der Waals surface area contributed by atoms with Crippen molar-refractivity contribution in [2.75, 3.05) is 6.61 Å². The molecule has 1 aliphatic carbocycles. The number of pyridine rings is 1. The number of rotatable bonds is 5. The molecule has 4 rings (SSSR count). The molecular weight excluding hydrogens is 407 g/mol. The van der Waals surface area contributed by atoms with Crippen LogP contribution >= 0.6 is 11.6 Å². The summed E-state index contributed by atoms with van der Waals surface area (Å²) in [4.78, 5) is 16.4. The Morgan fingerprint density at radius 2 is 1.97 bits per heavy atom. The monoisotopic (exact) mass is 423 g/mol. The summed E-state index contributed by atoms with van der Waals surface area (Å²) in [6.45, 7) is 1.53. The van der Waals surface area contributed by atoms with Crippen molar-refractivity contribution in [1.29, 1.82) is 0 Å². The lowest BCUT2D eigenvalue weighted by Crippen LogP contribution is -2.15. The Hall–Kier alpha value is -2.61. The summed E-state index contributed by atoms with van der Waals surface area (Å²) >= 11 is 5.89. The zero-order valence-electron chi connectivity index (χ0n) is 15.5. The van der Waals surface area contributed by atoms with Crippen LogP contribution < -0.4 is 0 Å². The molecule has 0 unspecified atom stereocenters. The average Bonchev–Trinajstić information content (AvgIpc) is 3.44. The maximum atomic E-state index is 14.0. The Labute approximate surface area is 169 Å². The van der Waals surface area contributed by atoms with Gasteiger partial charge in [-0.15, -0.1) is 0 Å². The summed E-state index contributed by atoms with van der Waals surface area (Å²) in [6, 6.07) is 7.41. The van der Waals surface area contributed by atoms with Gasteiger partial charge < -0.3 is 4.74 Å². The van der Waals surface area contributed by atoms with E-state index >= 15 is 0 Å². The van der Waals surface area contributed by atoms with Gasteiger partial charge in [-0.1, -0.05) is 23.7 Å². The Morgan fingerprint density at radius 3 is 2.55 bits per heavy atom. The van der Waals surface area contributed by atoms with Gasteiger partial charge >= 0.3 is 12.1 Å². The van der Waals surface area contributed by atoms with Crippen LogP contribution in [0.5, 0.6) is 0 Å². The fourth-order valence-corrected chi connectivity index (χ4v) is 3.40. The van der Waals surface area contributed by atoms with Gasteiger partial charge in [0.25, 0.3) is 0 Å². The number of nitrogens with zero attached hydrogens (tertiary/aromatic N) is 3. The summed E-state index contributed by atoms with van der Waals surface area (Å²) in [5, 5.41) is 4.76. The number of fused-ring (bicyclic) bond motifs is 1. The van der Waals surface area contributed by atoms with Crippen molar-refractivity contribution in [1.82, 2.24) is 14.8 Å². The van der Waals surface area contributed by atoms with Gasteiger partial charge in [0.2, 0.25) is 0 Å². The van der Waals surface area contributed by atoms with Crippen molar-refractivity contribution in [3.63, 3.8) is 0 Å². The lowest BCUT2D eigenvalue weighted by Gasteiger charge is -2.12. The molecular formula is C20H17ClF3N3O2. The molecule has 9 heteroatoms. The molecule has 1 aliphatic rings. The molecule has 0 N–H and O–H groups in total. The Bertz CT molecular complexity index is 1070. The predicted octanol–water partition coefficient (Wildman–Crippen LogP) is 5.21. The molecule has 1 aromatic carbocycles. The first-order valence-electron chi connectivity index (χ1n) is 9.18. The van der Waals surface area contributed by atoms with Gasteiger partial charge in [0.1, 0.15) is 6.54 Å². The second kappa shape index (κ2) is 7.33. The molecule has 0 saturated heterocycles. The van der Waals surface area contributed by atoms with Gasteiger partial charge in [-0.2, -0.15) is 18.3 Å². The molecule has 0 aliphatic heterocycles. The number of halogens is 4. The highest BCUT2D eigenvalue weighted by Crippen LogP contribution is 2.46. The van der Waals surface area contributed by atoms with E-state index in [0.29, 0.717) is 16.3 Å². The molecule has 3 aromatic rings. The van der Waals surface area contributed by atoms with E-state index < -0.39 is 17.7 Å². The molecule has 29 heavy (non-hydrogen) atoms. The fraction of sp³-hybridized carbons (Fsp3) is 0.350. The van der Waals surface area contributed by atoms with Crippen LogP contribution in [0, 0.1) is 0 Å². The fourth-order valence-electron chi connectivity index (χ4n) is 3.27. The number of benzene rings is 1. The van der Waals surface area contributed by atoms with E-state index in [2.05, 4.69) is 10.1 Å². The number of aromatic nitrogens is 3. The Morgan fingerprint density at radius 1 is 1.28 bits per heavy atom. The molecule has 0 atom stereocenters. The number of hydrogen-bond donors (Lipinski definition) is 0. The van der Waals surface area contributed by atoms with Crippen molar-refractivity contribution in [2.45, 2.75) is 38.4 Å². The van der Waals surface area contributed by atoms with E-state index in [0.717, 1.165) is 18.9 Å². The van der Waals surface area contributed by atoms with Crippen molar-refractivity contribution >= 4 is 28.6 Å². The summed E-state index contributed by atoms with van der Waals surface area (Å²) in [7, 11) is 0. The summed E-state index contributed by atoms with van der Waals surface area (Å²) in [5.41, 5.74) is 0.184. The molecule has 152 valence electrons. The zero-order chi connectivity index (χ0) is 20.8. The van der Waals surface area contributed by atoms with E-state index in [9.17, 15) is 18.0 Å². The van der Waals surface area contributed by atoms with Crippen molar-refractivity contribution in [3.05, 3.63) is 46.6 Å². The van der Waals surface area contributed by atoms with Crippen LogP contribution in [0.2, 0.25) is 5.02 Å². The number of esters is 1. The number of hydrogen-bond acceptors (Lipinski definition) is 4. The first-order chi connectivity index (χ1) is 13.8. The minimum atomic E-state index is -4.59. The second-order valence-electron chi connectivity index (χ2n) is 6.88. The lowest BCUT2D eigenvalue weighted by molar-refractivity contribution is -0.144. The van der Waals surface area contributed by atoms with Crippen LogP contribution in [0.4, 0.5) is 13.2 Å². The topological polar surface area (TPSA) is 57.0 Å². The number of carbonyl (C=O) groups is 1. The van der Waals surface area contributed by atoms with Crippen LogP contribution in [0.1, 0.15) is 36.9 Å². The normalized spacial score (nSPS) is 14.4. The molecule has 1 fully saturated rings. The van der Waals surface area contributed by atoms with E-state index in [1.165, 1.54) is 4.68 Å². The second-order valence-corrected chi connectivity index (χ2v) is 7.32. The quantitative estimate of drug-likeness (QED) is 0.528. The minimum Gasteiger partial charge on any atom is -0.465 e. The third kappa shape index (κ3) is 3.94. The van der Waals surface area contributed by atoms with Gasteiger partial charge in [-0.25, -0.2) is 9.67 Å². The van der Waals surface area contributed by atoms with E-state index in [1.807, 2.05) is 0 Å². The number of alkyl halides is 3. The molecule has 2 aromatic heterocycles. The van der Waals surface area contributed by atoms with Gasteiger partial charge in [-0.3, -0.25) is 4.79 Å². The van der Waals surface area contributed by atoms with E-state index in [1.54, 1.807) is 31.2 Å². The maximum absolute atomic E-state index is 14.0. The molecule has 1 saturated carbocycles. The van der Waals surface area contributed by atoms with Crippen molar-refractivity contribution in [2.24, 2.45) is 0 Å². The van der Waals surface area contributed by atoms with Crippen LogP contribution in [-0.2, 0) is 22.3 Å². The van der Waals surface area contributed by atoms with E-state index in [-0.39, 0.29) is 35.8 Å². The lowest BCUT2D eigenvalue weighted by atomic mass is 10.0. The van der Waals surface area contributed by atoms with Crippen molar-refractivity contribution in [3.8, 4) is 11.3 Å². The summed E-state index contributed by atoms with van der Waals surface area (Å²) in [6.07, 6.45) is -3.06. The summed E-state index contributed by atoms with van der Waals surface area (Å²) in [5.74, 6) is -0.628. The molecule has 0 amide bonds. The maximum Gasteiger partial charge on any atom is 0.417 e. The van der Waals surface area contributed by atoms with Crippen LogP contribution in [-0.4, -0.2) is 27.3 Å². The van der Waals surface area contributed by atoms with Gasteiger partial charge in [0.05, 0.1) is 28.9 Å². The highest BCUT2D eigenvalue weighted by atomic mass is 35.5. The molecule has 0 bridgehead atoms. The van der Waals surface area contributed by atoms with Gasteiger partial charge in [0.15, 0.2) is 5.65 Å². The molecule has 0 radical (unpaired) electrons. The minimum absolute atomic E-state index is 0.0275. The molecule has 0 spiro atoms. The number of ether oxygens (including phenoxy) is 1. The highest BCUT2D eigenvalue weighted by molar-refractivity contribution is 6.30.